The van der Waals surface area contributed by atoms with Crippen LogP contribution in [-0.2, 0) is 34.6 Å². The summed E-state index contributed by atoms with van der Waals surface area (Å²) in [4.78, 5) is 0. The molecular formula is C15H28N2O4S. The fraction of sp³-hybridized carbons (Fsp3) is 0.800. The van der Waals surface area contributed by atoms with Crippen LogP contribution in [0.2, 0.25) is 0 Å². The minimum Gasteiger partial charge on any atom is -0.748 e. The quantitative estimate of drug-likeness (QED) is 0.332. The van der Waals surface area contributed by atoms with Crippen LogP contribution in [-0.4, -0.2) is 29.9 Å². The number of imidazole rings is 1. The molecule has 1 rings (SSSR count). The summed E-state index contributed by atoms with van der Waals surface area (Å²) >= 11 is 0. The van der Waals surface area contributed by atoms with E-state index in [1.54, 1.807) is 0 Å². The number of unbranched alkanes of at least 4 members (excludes halogenated alkanes) is 2. The molecule has 0 unspecified atom stereocenters. The molecule has 0 aliphatic carbocycles. The molecular weight excluding hydrogens is 304 g/mol. The molecule has 0 saturated carbocycles. The Balaban J connectivity index is 2.66. The van der Waals surface area contributed by atoms with Crippen molar-refractivity contribution in [3.8, 4) is 0 Å². The fourth-order valence-corrected chi connectivity index (χ4v) is 2.70. The van der Waals surface area contributed by atoms with Crippen molar-refractivity contribution in [1.82, 2.24) is 4.57 Å². The molecule has 22 heavy (non-hydrogen) atoms. The van der Waals surface area contributed by atoms with Gasteiger partial charge < -0.3 is 9.29 Å². The van der Waals surface area contributed by atoms with E-state index < -0.39 is 10.1 Å². The Morgan fingerprint density at radius 1 is 1.23 bits per heavy atom. The van der Waals surface area contributed by atoms with Crippen molar-refractivity contribution in [2.75, 3.05) is 12.4 Å². The first kappa shape index (κ1) is 19.1. The lowest BCUT2D eigenvalue weighted by molar-refractivity contribution is -0.705. The highest BCUT2D eigenvalue weighted by atomic mass is 32.2. The van der Waals surface area contributed by atoms with Gasteiger partial charge >= 0.3 is 0 Å². The molecule has 0 fully saturated rings. The van der Waals surface area contributed by atoms with Crippen LogP contribution in [0.4, 0.5) is 0 Å². The van der Waals surface area contributed by atoms with E-state index in [0.29, 0.717) is 19.6 Å². The molecule has 0 aliphatic heterocycles. The number of rotatable bonds is 12. The Morgan fingerprint density at radius 3 is 2.59 bits per heavy atom. The number of nitrogens with zero attached hydrogens (tertiary/aromatic N) is 2. The summed E-state index contributed by atoms with van der Waals surface area (Å²) in [6, 6.07) is 0. The Morgan fingerprint density at radius 2 is 1.95 bits per heavy atom. The first-order valence-corrected chi connectivity index (χ1v) is 9.64. The molecule has 1 aromatic rings. The largest absolute Gasteiger partial charge is 0.748 e. The smallest absolute Gasteiger partial charge is 0.282 e. The maximum atomic E-state index is 10.7. The average Bonchev–Trinajstić information content (AvgIpc) is 2.82. The van der Waals surface area contributed by atoms with Gasteiger partial charge in [-0.05, 0) is 19.3 Å². The molecule has 0 aliphatic rings. The number of aromatic nitrogens is 2. The lowest BCUT2D eigenvalue weighted by atomic mass is 10.3. The molecule has 0 aromatic carbocycles. The molecule has 7 heteroatoms. The van der Waals surface area contributed by atoms with E-state index in [-0.39, 0.29) is 5.75 Å². The Hall–Kier alpha value is -0.920. The lowest BCUT2D eigenvalue weighted by Crippen LogP contribution is -2.38. The molecule has 1 aromatic heterocycles. The Kier molecular flexibility index (Phi) is 8.67. The third-order valence-corrected chi connectivity index (χ3v) is 4.30. The second kappa shape index (κ2) is 9.97. The molecule has 1 heterocycles. The molecule has 0 spiro atoms. The van der Waals surface area contributed by atoms with Crippen molar-refractivity contribution >= 4 is 10.1 Å². The Labute approximate surface area is 133 Å². The van der Waals surface area contributed by atoms with E-state index in [9.17, 15) is 13.0 Å². The van der Waals surface area contributed by atoms with E-state index in [1.807, 2.05) is 17.0 Å². The number of ether oxygens (including phenoxy) is 1. The summed E-state index contributed by atoms with van der Waals surface area (Å²) in [5.41, 5.74) is 0. The van der Waals surface area contributed by atoms with Crippen molar-refractivity contribution in [1.29, 1.82) is 0 Å². The number of aryl methyl sites for hydroxylation is 2. The molecule has 0 bridgehead atoms. The minimum absolute atomic E-state index is 0.323. The van der Waals surface area contributed by atoms with Crippen molar-refractivity contribution in [2.45, 2.75) is 65.6 Å². The van der Waals surface area contributed by atoms with Gasteiger partial charge in [-0.3, -0.25) is 0 Å². The van der Waals surface area contributed by atoms with Crippen molar-refractivity contribution in [3.63, 3.8) is 0 Å². The monoisotopic (exact) mass is 332 g/mol. The molecule has 6 nitrogen and oxygen atoms in total. The van der Waals surface area contributed by atoms with Crippen molar-refractivity contribution < 1.29 is 22.3 Å². The topological polar surface area (TPSA) is 75.2 Å². The summed E-state index contributed by atoms with van der Waals surface area (Å²) in [6.45, 7) is 6.96. The van der Waals surface area contributed by atoms with Crippen LogP contribution < -0.4 is 4.57 Å². The molecule has 0 saturated heterocycles. The van der Waals surface area contributed by atoms with E-state index in [0.717, 1.165) is 44.7 Å². The van der Waals surface area contributed by atoms with Crippen LogP contribution in [0.25, 0.3) is 0 Å². The zero-order valence-corrected chi connectivity index (χ0v) is 14.5. The van der Waals surface area contributed by atoms with Gasteiger partial charge in [0.2, 0.25) is 0 Å². The second-order valence-corrected chi connectivity index (χ2v) is 7.00. The average molecular weight is 332 g/mol. The van der Waals surface area contributed by atoms with Crippen molar-refractivity contribution in [3.05, 3.63) is 18.2 Å². The zero-order chi connectivity index (χ0) is 16.4. The SMILES string of the molecule is CCCCOCc1n(CCCC)cc[n+]1CCCS(=O)(=O)[O-]. The normalized spacial score (nSPS) is 12.0. The zero-order valence-electron chi connectivity index (χ0n) is 13.7. The minimum atomic E-state index is -4.14. The summed E-state index contributed by atoms with van der Waals surface area (Å²) in [6.07, 6.45) is 8.60. The molecule has 0 N–H and O–H groups in total. The van der Waals surface area contributed by atoms with Gasteiger partial charge in [0.25, 0.3) is 5.82 Å². The van der Waals surface area contributed by atoms with Gasteiger partial charge in [0, 0.05) is 12.4 Å². The van der Waals surface area contributed by atoms with Crippen LogP contribution in [0.15, 0.2) is 12.4 Å². The van der Waals surface area contributed by atoms with Crippen LogP contribution in [0.1, 0.15) is 51.8 Å². The van der Waals surface area contributed by atoms with Gasteiger partial charge in [-0.2, -0.15) is 0 Å². The third-order valence-electron chi connectivity index (χ3n) is 3.51. The van der Waals surface area contributed by atoms with E-state index in [2.05, 4.69) is 18.4 Å². The summed E-state index contributed by atoms with van der Waals surface area (Å²) in [5, 5.41) is 0. The highest BCUT2D eigenvalue weighted by Gasteiger charge is 2.17. The van der Waals surface area contributed by atoms with Gasteiger partial charge in [0.15, 0.2) is 0 Å². The predicted molar refractivity (Wildman–Crippen MR) is 83.3 cm³/mol. The van der Waals surface area contributed by atoms with Crippen LogP contribution in [0.3, 0.4) is 0 Å². The third kappa shape index (κ3) is 7.38. The maximum Gasteiger partial charge on any atom is 0.282 e. The summed E-state index contributed by atoms with van der Waals surface area (Å²) < 4.78 is 42.0. The van der Waals surface area contributed by atoms with E-state index >= 15 is 0 Å². The first-order valence-electron chi connectivity index (χ1n) is 8.06. The predicted octanol–water partition coefficient (Wildman–Crippen LogP) is 1.83. The number of hydrogen-bond acceptors (Lipinski definition) is 4. The molecule has 0 radical (unpaired) electrons. The number of hydrogen-bond donors (Lipinski definition) is 0. The van der Waals surface area contributed by atoms with Gasteiger partial charge in [-0.1, -0.05) is 26.7 Å². The lowest BCUT2D eigenvalue weighted by Gasteiger charge is -2.08. The van der Waals surface area contributed by atoms with Crippen LogP contribution >= 0.6 is 0 Å². The molecule has 128 valence electrons. The van der Waals surface area contributed by atoms with E-state index in [1.165, 1.54) is 0 Å². The molecule has 0 atom stereocenters. The van der Waals surface area contributed by atoms with Crippen LogP contribution in [0.5, 0.6) is 0 Å². The molecule has 0 amide bonds. The highest BCUT2D eigenvalue weighted by Crippen LogP contribution is 2.04. The fourth-order valence-electron chi connectivity index (χ4n) is 2.22. The van der Waals surface area contributed by atoms with Crippen LogP contribution in [0, 0.1) is 0 Å². The van der Waals surface area contributed by atoms with Gasteiger partial charge in [0.05, 0.1) is 23.2 Å². The summed E-state index contributed by atoms with van der Waals surface area (Å²) in [7, 11) is -4.14. The summed E-state index contributed by atoms with van der Waals surface area (Å²) in [5.74, 6) is 0.712. The van der Waals surface area contributed by atoms with Gasteiger partial charge in [0.1, 0.15) is 19.0 Å². The second-order valence-electron chi connectivity index (χ2n) is 5.48. The van der Waals surface area contributed by atoms with Gasteiger partial charge in [-0.15, -0.1) is 0 Å². The van der Waals surface area contributed by atoms with Crippen molar-refractivity contribution in [2.24, 2.45) is 0 Å². The first-order chi connectivity index (χ1) is 10.5. The van der Waals surface area contributed by atoms with Gasteiger partial charge in [-0.25, -0.2) is 17.6 Å². The highest BCUT2D eigenvalue weighted by molar-refractivity contribution is 7.85. The maximum absolute atomic E-state index is 10.7. The van der Waals surface area contributed by atoms with E-state index in [4.69, 9.17) is 4.74 Å². The Bertz CT molecular complexity index is 526. The standard InChI is InChI=1S/C15H28N2O4S/c1-3-5-8-16-10-11-17(9-7-13-22(18,19)20)15(16)14-21-12-6-4-2/h10-11H,3-9,12-14H2,1-2H3.